The fraction of sp³-hybridized carbons (Fsp3) is 0.500. The molecule has 1 aliphatic heterocycles. The maximum Gasteiger partial charge on any atom is 0.165 e. The van der Waals surface area contributed by atoms with E-state index in [1.54, 1.807) is 0 Å². The van der Waals surface area contributed by atoms with Gasteiger partial charge in [0.05, 0.1) is 33.6 Å². The summed E-state index contributed by atoms with van der Waals surface area (Å²) in [6.45, 7) is 16.1. The standard InChI is InChI=1S/C34H48BrN5O4SSi2/c1-46(2,3)20-16-43-24-39(25-44-17-21-47(4,5)6)34-31(35)32(27-14-18-45(41,42)19-15-27)38-33-29(23-37-40(33)34)28-12-13-30(36-22-28)26-10-8-7-9-11-26/h7-13,22-23,27H,14-21,24-25H2,1-6H3. The van der Waals surface area contributed by atoms with E-state index in [4.69, 9.17) is 24.5 Å². The number of sulfone groups is 1. The van der Waals surface area contributed by atoms with Crippen LogP contribution in [0, 0.1) is 0 Å². The van der Waals surface area contributed by atoms with E-state index in [1.165, 1.54) is 0 Å². The molecule has 1 saturated heterocycles. The van der Waals surface area contributed by atoms with Crippen molar-refractivity contribution in [3.8, 4) is 22.4 Å². The summed E-state index contributed by atoms with van der Waals surface area (Å²) in [6.07, 6.45) is 4.76. The van der Waals surface area contributed by atoms with E-state index < -0.39 is 26.0 Å². The summed E-state index contributed by atoms with van der Waals surface area (Å²) in [6, 6.07) is 16.3. The normalized spacial score (nSPS) is 15.7. The Bertz CT molecular complexity index is 1720. The average molecular weight is 759 g/mol. The van der Waals surface area contributed by atoms with Crippen LogP contribution < -0.4 is 4.90 Å². The van der Waals surface area contributed by atoms with Crippen molar-refractivity contribution in [1.82, 2.24) is 19.6 Å². The zero-order valence-electron chi connectivity index (χ0n) is 28.5. The zero-order valence-corrected chi connectivity index (χ0v) is 32.9. The maximum atomic E-state index is 12.4. The summed E-state index contributed by atoms with van der Waals surface area (Å²) in [5, 5.41) is 4.86. The van der Waals surface area contributed by atoms with Crippen molar-refractivity contribution in [1.29, 1.82) is 0 Å². The van der Waals surface area contributed by atoms with Gasteiger partial charge in [-0.2, -0.15) is 9.61 Å². The van der Waals surface area contributed by atoms with Crippen LogP contribution in [0.5, 0.6) is 0 Å². The van der Waals surface area contributed by atoms with Crippen LogP contribution in [0.25, 0.3) is 28.0 Å². The molecule has 4 aromatic rings. The first-order valence-corrected chi connectivity index (χ1v) is 26.4. The number of ether oxygens (including phenoxy) is 2. The molecule has 0 amide bonds. The van der Waals surface area contributed by atoms with Crippen LogP contribution >= 0.6 is 15.9 Å². The highest BCUT2D eigenvalue weighted by molar-refractivity contribution is 9.10. The van der Waals surface area contributed by atoms with Gasteiger partial charge in [-0.3, -0.25) is 4.98 Å². The molecule has 0 aliphatic carbocycles. The molecule has 1 fully saturated rings. The molecule has 254 valence electrons. The summed E-state index contributed by atoms with van der Waals surface area (Å²) < 4.78 is 40.0. The number of rotatable bonds is 14. The molecule has 1 aliphatic rings. The first-order chi connectivity index (χ1) is 22.2. The zero-order chi connectivity index (χ0) is 33.8. The van der Waals surface area contributed by atoms with Crippen molar-refractivity contribution in [3.05, 3.63) is 65.0 Å². The Balaban J connectivity index is 1.56. The number of nitrogens with zero attached hydrogens (tertiary/aromatic N) is 5. The number of hydrogen-bond acceptors (Lipinski definition) is 8. The van der Waals surface area contributed by atoms with Gasteiger partial charge in [0.2, 0.25) is 0 Å². The Hall–Kier alpha value is -2.43. The van der Waals surface area contributed by atoms with E-state index in [9.17, 15) is 8.42 Å². The number of aromatic nitrogens is 4. The highest BCUT2D eigenvalue weighted by Gasteiger charge is 2.31. The molecular weight excluding hydrogens is 711 g/mol. The van der Waals surface area contributed by atoms with Crippen molar-refractivity contribution in [2.45, 2.75) is 70.1 Å². The van der Waals surface area contributed by atoms with Crippen LogP contribution in [-0.4, -0.2) is 82.3 Å². The van der Waals surface area contributed by atoms with Gasteiger partial charge in [-0.1, -0.05) is 75.7 Å². The van der Waals surface area contributed by atoms with E-state index in [0.717, 1.165) is 50.5 Å². The molecule has 47 heavy (non-hydrogen) atoms. The molecule has 0 N–H and O–H groups in total. The Morgan fingerprint density at radius 3 is 2.04 bits per heavy atom. The van der Waals surface area contributed by atoms with Crippen LogP contribution in [0.2, 0.25) is 51.4 Å². The van der Waals surface area contributed by atoms with E-state index in [1.807, 2.05) is 53.3 Å². The van der Waals surface area contributed by atoms with Crippen molar-refractivity contribution < 1.29 is 17.9 Å². The van der Waals surface area contributed by atoms with Gasteiger partial charge in [0.25, 0.3) is 0 Å². The quantitative estimate of drug-likeness (QED) is 0.0727. The fourth-order valence-corrected chi connectivity index (χ4v) is 9.32. The second-order valence-electron chi connectivity index (χ2n) is 14.9. The first-order valence-electron chi connectivity index (χ1n) is 16.4. The number of benzene rings is 1. The summed E-state index contributed by atoms with van der Waals surface area (Å²) >= 11 is 3.93. The minimum atomic E-state index is -3.04. The second kappa shape index (κ2) is 15.0. The van der Waals surface area contributed by atoms with Crippen molar-refractivity contribution in [3.63, 3.8) is 0 Å². The number of fused-ring (bicyclic) bond motifs is 1. The number of anilines is 1. The monoisotopic (exact) mass is 757 g/mol. The van der Waals surface area contributed by atoms with Crippen LogP contribution in [0.3, 0.4) is 0 Å². The summed E-state index contributed by atoms with van der Waals surface area (Å²) in [5.74, 6) is 1.10. The predicted molar refractivity (Wildman–Crippen MR) is 200 cm³/mol. The van der Waals surface area contributed by atoms with E-state index in [0.29, 0.717) is 45.2 Å². The highest BCUT2D eigenvalue weighted by atomic mass is 79.9. The van der Waals surface area contributed by atoms with Crippen LogP contribution in [-0.2, 0) is 19.3 Å². The van der Waals surface area contributed by atoms with Crippen molar-refractivity contribution in [2.24, 2.45) is 0 Å². The molecule has 0 atom stereocenters. The van der Waals surface area contributed by atoms with E-state index >= 15 is 0 Å². The molecule has 0 saturated carbocycles. The molecule has 1 aromatic carbocycles. The lowest BCUT2D eigenvalue weighted by molar-refractivity contribution is 0.0941. The third-order valence-corrected chi connectivity index (χ3v) is 14.3. The molecule has 5 rings (SSSR count). The number of hydrogen-bond donors (Lipinski definition) is 0. The minimum Gasteiger partial charge on any atom is -0.361 e. The Morgan fingerprint density at radius 1 is 0.872 bits per heavy atom. The lowest BCUT2D eigenvalue weighted by Crippen LogP contribution is -2.34. The van der Waals surface area contributed by atoms with Crippen molar-refractivity contribution in [2.75, 3.05) is 43.1 Å². The first kappa shape index (κ1) is 35.9. The summed E-state index contributed by atoms with van der Waals surface area (Å²) in [7, 11) is -5.60. The summed E-state index contributed by atoms with van der Waals surface area (Å²) in [4.78, 5) is 12.1. The van der Waals surface area contributed by atoms with Gasteiger partial charge in [-0.25, -0.2) is 13.4 Å². The second-order valence-corrected chi connectivity index (χ2v) is 29.2. The Morgan fingerprint density at radius 2 is 1.49 bits per heavy atom. The van der Waals surface area contributed by atoms with Gasteiger partial charge >= 0.3 is 0 Å². The van der Waals surface area contributed by atoms with Gasteiger partial charge in [0.15, 0.2) is 11.5 Å². The van der Waals surface area contributed by atoms with Crippen LogP contribution in [0.4, 0.5) is 5.82 Å². The largest absolute Gasteiger partial charge is 0.361 e. The van der Waals surface area contributed by atoms with Gasteiger partial charge in [0, 0.05) is 58.2 Å². The Kier molecular flexibility index (Phi) is 11.4. The average Bonchev–Trinajstić information content (AvgIpc) is 3.43. The SMILES string of the molecule is C[Si](C)(C)CCOCN(COCC[Si](C)(C)C)c1c(Br)c(C2CCS(=O)(=O)CC2)nc2c(-c3ccc(-c4ccccc4)nc3)cnn12. The smallest absolute Gasteiger partial charge is 0.165 e. The molecule has 0 radical (unpaired) electrons. The van der Waals surface area contributed by atoms with Gasteiger partial charge < -0.3 is 14.4 Å². The number of pyridine rings is 1. The van der Waals surface area contributed by atoms with Gasteiger partial charge in [-0.15, -0.1) is 0 Å². The molecule has 0 bridgehead atoms. The van der Waals surface area contributed by atoms with E-state index in [-0.39, 0.29) is 17.4 Å². The molecular formula is C34H48BrN5O4SSi2. The lowest BCUT2D eigenvalue weighted by Gasteiger charge is -2.29. The summed E-state index contributed by atoms with van der Waals surface area (Å²) in [5.41, 5.74) is 5.24. The molecule has 0 unspecified atom stereocenters. The van der Waals surface area contributed by atoms with Gasteiger partial charge in [0.1, 0.15) is 23.3 Å². The molecule has 0 spiro atoms. The molecule has 13 heteroatoms. The minimum absolute atomic E-state index is 0.0135. The van der Waals surface area contributed by atoms with Crippen LogP contribution in [0.1, 0.15) is 24.5 Å². The fourth-order valence-electron chi connectivity index (χ4n) is 5.48. The van der Waals surface area contributed by atoms with Crippen LogP contribution in [0.15, 0.2) is 59.3 Å². The third kappa shape index (κ3) is 9.60. The molecule has 9 nitrogen and oxygen atoms in total. The van der Waals surface area contributed by atoms with Crippen molar-refractivity contribution >= 4 is 53.4 Å². The highest BCUT2D eigenvalue weighted by Crippen LogP contribution is 2.40. The predicted octanol–water partition coefficient (Wildman–Crippen LogP) is 7.94. The number of halogens is 1. The van der Waals surface area contributed by atoms with Gasteiger partial charge in [-0.05, 0) is 46.9 Å². The maximum absolute atomic E-state index is 12.4. The third-order valence-electron chi connectivity index (χ3n) is 8.46. The van der Waals surface area contributed by atoms with E-state index in [2.05, 4.69) is 66.2 Å². The molecule has 3 aromatic heterocycles. The topological polar surface area (TPSA) is 98.9 Å². The Labute approximate surface area is 290 Å². The lowest BCUT2D eigenvalue weighted by atomic mass is 9.98. The molecule has 4 heterocycles.